The molecule has 0 radical (unpaired) electrons. The number of halogens is 1. The quantitative estimate of drug-likeness (QED) is 0.365. The molecule has 2 aromatic carbocycles. The van der Waals surface area contributed by atoms with Crippen LogP contribution in [-0.2, 0) is 13.1 Å². The first-order valence-corrected chi connectivity index (χ1v) is 11.1. The summed E-state index contributed by atoms with van der Waals surface area (Å²) < 4.78 is 15.7. The lowest BCUT2D eigenvalue weighted by molar-refractivity contribution is 0.402. The lowest BCUT2D eigenvalue weighted by Crippen LogP contribution is -2.10. The highest BCUT2D eigenvalue weighted by atomic mass is 19.1. The Morgan fingerprint density at radius 2 is 1.71 bits per heavy atom. The predicted molar refractivity (Wildman–Crippen MR) is 133 cm³/mol. The van der Waals surface area contributed by atoms with Crippen molar-refractivity contribution in [3.05, 3.63) is 102 Å². The summed E-state index contributed by atoms with van der Waals surface area (Å²) in [5.41, 5.74) is 6.26. The Bertz CT molecular complexity index is 1410. The Hall–Kier alpha value is -4.10. The summed E-state index contributed by atoms with van der Waals surface area (Å²) in [6, 6.07) is 22.5. The fraction of sp³-hybridized carbons (Fsp3) is 0.148. The van der Waals surface area contributed by atoms with E-state index < -0.39 is 0 Å². The smallest absolute Gasteiger partial charge is 0.223 e. The number of nitrogens with zero attached hydrogens (tertiary/aromatic N) is 5. The van der Waals surface area contributed by atoms with E-state index in [1.807, 2.05) is 49.0 Å². The molecular weight excluding hydrogens is 427 g/mol. The molecule has 34 heavy (non-hydrogen) atoms. The zero-order chi connectivity index (χ0) is 23.5. The van der Waals surface area contributed by atoms with Crippen LogP contribution in [0.15, 0.2) is 85.2 Å². The van der Waals surface area contributed by atoms with Crippen molar-refractivity contribution < 1.29 is 4.39 Å². The summed E-state index contributed by atoms with van der Waals surface area (Å²) in [5.74, 6) is 0.252. The molecule has 0 saturated carbocycles. The van der Waals surface area contributed by atoms with Crippen molar-refractivity contribution in [3.8, 4) is 22.6 Å². The number of aromatic nitrogens is 4. The van der Waals surface area contributed by atoms with Crippen LogP contribution in [0.25, 0.3) is 28.3 Å². The predicted octanol–water partition coefficient (Wildman–Crippen LogP) is 5.27. The molecule has 170 valence electrons. The second kappa shape index (κ2) is 9.41. The Morgan fingerprint density at radius 1 is 0.912 bits per heavy atom. The Morgan fingerprint density at radius 3 is 2.47 bits per heavy atom. The zero-order valence-corrected chi connectivity index (χ0v) is 19.1. The van der Waals surface area contributed by atoms with Crippen LogP contribution in [0.3, 0.4) is 0 Å². The van der Waals surface area contributed by atoms with Gasteiger partial charge in [0, 0.05) is 31.0 Å². The van der Waals surface area contributed by atoms with Crippen LogP contribution in [0.1, 0.15) is 11.1 Å². The van der Waals surface area contributed by atoms with Crippen molar-refractivity contribution in [1.29, 1.82) is 0 Å². The molecule has 0 fully saturated rings. The molecule has 0 aliphatic carbocycles. The van der Waals surface area contributed by atoms with Crippen molar-refractivity contribution in [1.82, 2.24) is 24.3 Å². The summed E-state index contributed by atoms with van der Waals surface area (Å²) in [5, 5.41) is 3.30. The number of rotatable bonds is 7. The number of fused-ring (bicyclic) bond motifs is 1. The van der Waals surface area contributed by atoms with Gasteiger partial charge in [-0.15, -0.1) is 0 Å². The molecule has 0 spiro atoms. The maximum atomic E-state index is 13.6. The molecule has 0 saturated heterocycles. The van der Waals surface area contributed by atoms with E-state index in [1.54, 1.807) is 18.3 Å². The molecule has 3 heterocycles. The van der Waals surface area contributed by atoms with Crippen LogP contribution in [0.5, 0.6) is 0 Å². The van der Waals surface area contributed by atoms with Gasteiger partial charge in [0.15, 0.2) is 0 Å². The SMILES string of the molecule is CN(C)Cc1ccn2c(-c3ccnc(NCc4ccccc4)n3)c(-c3ccc(F)cc3)nc2c1. The van der Waals surface area contributed by atoms with Crippen molar-refractivity contribution in [2.75, 3.05) is 19.4 Å². The molecule has 7 heteroatoms. The standard InChI is InChI=1S/C27H25FN6/c1-33(2)18-20-13-15-34-24(16-20)32-25(21-8-10-22(28)11-9-21)26(34)23-12-14-29-27(31-23)30-17-19-6-4-3-5-7-19/h3-16H,17-18H2,1-2H3,(H,29,30,31). The highest BCUT2D eigenvalue weighted by Gasteiger charge is 2.18. The minimum absolute atomic E-state index is 0.281. The molecule has 0 unspecified atom stereocenters. The number of nitrogens with one attached hydrogen (secondary N) is 1. The van der Waals surface area contributed by atoms with Gasteiger partial charge in [0.05, 0.1) is 17.1 Å². The average molecular weight is 453 g/mol. The molecule has 6 nitrogen and oxygen atoms in total. The van der Waals surface area contributed by atoms with Gasteiger partial charge < -0.3 is 10.2 Å². The average Bonchev–Trinajstić information content (AvgIpc) is 3.22. The Kier molecular flexibility index (Phi) is 6.01. The van der Waals surface area contributed by atoms with Crippen molar-refractivity contribution in [3.63, 3.8) is 0 Å². The van der Waals surface area contributed by atoms with Gasteiger partial charge in [0.2, 0.25) is 5.95 Å². The van der Waals surface area contributed by atoms with Crippen molar-refractivity contribution in [2.24, 2.45) is 0 Å². The van der Waals surface area contributed by atoms with Crippen LogP contribution in [0.4, 0.5) is 10.3 Å². The van der Waals surface area contributed by atoms with Crippen LogP contribution in [-0.4, -0.2) is 38.3 Å². The van der Waals surface area contributed by atoms with Crippen LogP contribution >= 0.6 is 0 Å². The number of imidazole rings is 1. The third kappa shape index (κ3) is 4.65. The van der Waals surface area contributed by atoms with Crippen LogP contribution in [0, 0.1) is 5.82 Å². The van der Waals surface area contributed by atoms with Gasteiger partial charge in [-0.05, 0) is 67.7 Å². The first-order chi connectivity index (χ1) is 16.6. The van der Waals surface area contributed by atoms with E-state index in [0.29, 0.717) is 12.5 Å². The molecule has 0 aliphatic heterocycles. The van der Waals surface area contributed by atoms with Gasteiger partial charge in [-0.1, -0.05) is 30.3 Å². The third-order valence-corrected chi connectivity index (χ3v) is 5.50. The second-order valence-corrected chi connectivity index (χ2v) is 8.42. The molecular formula is C27H25FN6. The number of hydrogen-bond donors (Lipinski definition) is 1. The van der Waals surface area contributed by atoms with Crippen LogP contribution in [0.2, 0.25) is 0 Å². The molecule has 3 aromatic heterocycles. The molecule has 0 atom stereocenters. The Balaban J connectivity index is 1.58. The summed E-state index contributed by atoms with van der Waals surface area (Å²) >= 11 is 0. The van der Waals surface area contributed by atoms with Gasteiger partial charge in [0.1, 0.15) is 11.5 Å². The minimum Gasteiger partial charge on any atom is -0.350 e. The minimum atomic E-state index is -0.281. The third-order valence-electron chi connectivity index (χ3n) is 5.50. The molecule has 5 rings (SSSR count). The van der Waals surface area contributed by atoms with E-state index in [2.05, 4.69) is 39.5 Å². The van der Waals surface area contributed by atoms with E-state index in [4.69, 9.17) is 9.97 Å². The van der Waals surface area contributed by atoms with E-state index in [-0.39, 0.29) is 5.82 Å². The van der Waals surface area contributed by atoms with E-state index in [0.717, 1.165) is 46.0 Å². The van der Waals surface area contributed by atoms with Gasteiger partial charge in [-0.2, -0.15) is 0 Å². The zero-order valence-electron chi connectivity index (χ0n) is 19.1. The number of pyridine rings is 1. The lowest BCUT2D eigenvalue weighted by atomic mass is 10.1. The topological polar surface area (TPSA) is 58.4 Å². The number of hydrogen-bond acceptors (Lipinski definition) is 5. The molecule has 1 N–H and O–H groups in total. The molecule has 0 amide bonds. The van der Waals surface area contributed by atoms with Gasteiger partial charge in [0.25, 0.3) is 0 Å². The first kappa shape index (κ1) is 21.7. The molecule has 0 aliphatic rings. The second-order valence-electron chi connectivity index (χ2n) is 8.42. The number of anilines is 1. The van der Waals surface area contributed by atoms with Gasteiger partial charge >= 0.3 is 0 Å². The monoisotopic (exact) mass is 452 g/mol. The lowest BCUT2D eigenvalue weighted by Gasteiger charge is -2.10. The number of benzene rings is 2. The van der Waals surface area contributed by atoms with Gasteiger partial charge in [-0.25, -0.2) is 19.3 Å². The first-order valence-electron chi connectivity index (χ1n) is 11.1. The van der Waals surface area contributed by atoms with E-state index in [9.17, 15) is 4.39 Å². The highest BCUT2D eigenvalue weighted by Crippen LogP contribution is 2.32. The summed E-state index contributed by atoms with van der Waals surface area (Å²) in [4.78, 5) is 16.2. The van der Waals surface area contributed by atoms with Crippen molar-refractivity contribution >= 4 is 11.6 Å². The summed E-state index contributed by atoms with van der Waals surface area (Å²) in [7, 11) is 4.08. The fourth-order valence-corrected chi connectivity index (χ4v) is 3.96. The highest BCUT2D eigenvalue weighted by molar-refractivity contribution is 5.80. The fourth-order valence-electron chi connectivity index (χ4n) is 3.96. The van der Waals surface area contributed by atoms with Crippen molar-refractivity contribution in [2.45, 2.75) is 13.1 Å². The van der Waals surface area contributed by atoms with E-state index >= 15 is 0 Å². The maximum absolute atomic E-state index is 13.6. The molecule has 0 bridgehead atoms. The van der Waals surface area contributed by atoms with Crippen LogP contribution < -0.4 is 5.32 Å². The largest absolute Gasteiger partial charge is 0.350 e. The van der Waals surface area contributed by atoms with Gasteiger partial charge in [-0.3, -0.25) is 4.40 Å². The molecule has 5 aromatic rings. The summed E-state index contributed by atoms with van der Waals surface area (Å²) in [6.07, 6.45) is 3.76. The summed E-state index contributed by atoms with van der Waals surface area (Å²) in [6.45, 7) is 1.43. The Labute approximate surface area is 197 Å². The maximum Gasteiger partial charge on any atom is 0.223 e. The normalized spacial score (nSPS) is 11.3. The van der Waals surface area contributed by atoms with E-state index in [1.165, 1.54) is 12.1 Å².